The van der Waals surface area contributed by atoms with E-state index in [2.05, 4.69) is 48.3 Å². The van der Waals surface area contributed by atoms with E-state index in [0.717, 1.165) is 18.4 Å². The maximum atomic E-state index is 3.76. The summed E-state index contributed by atoms with van der Waals surface area (Å²) in [5, 5.41) is 3.76. The van der Waals surface area contributed by atoms with E-state index in [-0.39, 0.29) is 0 Å². The van der Waals surface area contributed by atoms with Gasteiger partial charge in [0.1, 0.15) is 0 Å². The number of hydrogen-bond donors (Lipinski definition) is 1. The van der Waals surface area contributed by atoms with Crippen LogP contribution in [0.5, 0.6) is 0 Å². The molecule has 1 aromatic carbocycles. The maximum Gasteiger partial charge on any atom is 0.0342 e. The molecule has 1 saturated heterocycles. The Hall–Kier alpha value is -1.02. The molecule has 0 bridgehead atoms. The van der Waals surface area contributed by atoms with Crippen molar-refractivity contribution in [2.24, 2.45) is 11.8 Å². The molecule has 116 valence electrons. The molecule has 3 atom stereocenters. The van der Waals surface area contributed by atoms with E-state index >= 15 is 0 Å². The number of likely N-dealkylation sites (tertiary alicyclic amines) is 1. The zero-order valence-corrected chi connectivity index (χ0v) is 13.6. The van der Waals surface area contributed by atoms with Gasteiger partial charge >= 0.3 is 0 Å². The van der Waals surface area contributed by atoms with E-state index < -0.39 is 0 Å². The van der Waals surface area contributed by atoms with Crippen molar-refractivity contribution in [2.75, 3.05) is 18.4 Å². The standard InChI is InChI=1S/C19H30N2/c1-15-5-10-19(16(2)13-15)20-18-8-6-17(7-9-18)14-21-11-3-4-12-21/h6-9,15-16,19-20H,3-5,10-14H2,1-2H3. The Labute approximate surface area is 129 Å². The molecule has 3 unspecified atom stereocenters. The highest BCUT2D eigenvalue weighted by Gasteiger charge is 2.25. The SMILES string of the molecule is CC1CCC(Nc2ccc(CN3CCCC3)cc2)C(C)C1. The van der Waals surface area contributed by atoms with Gasteiger partial charge in [-0.25, -0.2) is 0 Å². The summed E-state index contributed by atoms with van der Waals surface area (Å²) >= 11 is 0. The summed E-state index contributed by atoms with van der Waals surface area (Å²) in [5.74, 6) is 1.69. The van der Waals surface area contributed by atoms with Crippen LogP contribution < -0.4 is 5.32 Å². The van der Waals surface area contributed by atoms with Crippen molar-refractivity contribution in [3.8, 4) is 0 Å². The number of nitrogens with one attached hydrogen (secondary N) is 1. The van der Waals surface area contributed by atoms with Gasteiger partial charge in [-0.3, -0.25) is 4.90 Å². The Balaban J connectivity index is 1.54. The van der Waals surface area contributed by atoms with Crippen LogP contribution in [-0.4, -0.2) is 24.0 Å². The smallest absolute Gasteiger partial charge is 0.0342 e. The lowest BCUT2D eigenvalue weighted by atomic mass is 9.80. The van der Waals surface area contributed by atoms with E-state index in [1.54, 1.807) is 0 Å². The molecule has 3 rings (SSSR count). The largest absolute Gasteiger partial charge is 0.382 e. The quantitative estimate of drug-likeness (QED) is 0.875. The minimum absolute atomic E-state index is 0.658. The Morgan fingerprint density at radius 3 is 2.43 bits per heavy atom. The number of rotatable bonds is 4. The molecule has 1 saturated carbocycles. The van der Waals surface area contributed by atoms with Crippen molar-refractivity contribution in [1.29, 1.82) is 0 Å². The summed E-state index contributed by atoms with van der Waals surface area (Å²) in [6, 6.07) is 9.81. The third kappa shape index (κ3) is 4.00. The molecule has 2 fully saturated rings. The number of nitrogens with zero attached hydrogens (tertiary/aromatic N) is 1. The monoisotopic (exact) mass is 286 g/mol. The first-order chi connectivity index (χ1) is 10.2. The average Bonchev–Trinajstić information content (AvgIpc) is 2.97. The Bertz CT molecular complexity index is 433. The molecule has 0 radical (unpaired) electrons. The van der Waals surface area contributed by atoms with E-state index in [0.29, 0.717) is 6.04 Å². The summed E-state index contributed by atoms with van der Waals surface area (Å²) < 4.78 is 0. The fraction of sp³-hybridized carbons (Fsp3) is 0.684. The molecule has 1 aliphatic heterocycles. The van der Waals surface area contributed by atoms with Crippen LogP contribution in [0.25, 0.3) is 0 Å². The first-order valence-corrected chi connectivity index (χ1v) is 8.78. The molecule has 0 aromatic heterocycles. The lowest BCUT2D eigenvalue weighted by Gasteiger charge is -2.33. The van der Waals surface area contributed by atoms with Crippen LogP contribution in [0.1, 0.15) is 51.5 Å². The number of hydrogen-bond acceptors (Lipinski definition) is 2. The van der Waals surface area contributed by atoms with Gasteiger partial charge in [0.25, 0.3) is 0 Å². The van der Waals surface area contributed by atoms with Gasteiger partial charge in [0.05, 0.1) is 0 Å². The van der Waals surface area contributed by atoms with Crippen LogP contribution in [-0.2, 0) is 6.54 Å². The van der Waals surface area contributed by atoms with Crippen molar-refractivity contribution < 1.29 is 0 Å². The van der Waals surface area contributed by atoms with Crippen molar-refractivity contribution in [1.82, 2.24) is 4.90 Å². The Morgan fingerprint density at radius 1 is 1.05 bits per heavy atom. The van der Waals surface area contributed by atoms with Gasteiger partial charge in [0, 0.05) is 18.3 Å². The second-order valence-electron chi connectivity index (χ2n) is 7.33. The molecule has 0 spiro atoms. The van der Waals surface area contributed by atoms with Gasteiger partial charge in [-0.1, -0.05) is 26.0 Å². The van der Waals surface area contributed by atoms with Crippen LogP contribution in [0.2, 0.25) is 0 Å². The second-order valence-corrected chi connectivity index (χ2v) is 7.33. The molecule has 2 nitrogen and oxygen atoms in total. The predicted octanol–water partition coefficient (Wildman–Crippen LogP) is 4.52. The molecule has 1 aromatic rings. The van der Waals surface area contributed by atoms with Gasteiger partial charge in [0.15, 0.2) is 0 Å². The molecular weight excluding hydrogens is 256 g/mol. The van der Waals surface area contributed by atoms with Crippen LogP contribution >= 0.6 is 0 Å². The third-order valence-electron chi connectivity index (χ3n) is 5.34. The maximum absolute atomic E-state index is 3.76. The first-order valence-electron chi connectivity index (χ1n) is 8.78. The highest BCUT2D eigenvalue weighted by Crippen LogP contribution is 2.30. The zero-order chi connectivity index (χ0) is 14.7. The molecule has 1 heterocycles. The van der Waals surface area contributed by atoms with Gasteiger partial charge in [-0.05, 0) is 74.7 Å². The number of anilines is 1. The lowest BCUT2D eigenvalue weighted by molar-refractivity contribution is 0.276. The van der Waals surface area contributed by atoms with E-state index in [1.165, 1.54) is 56.4 Å². The van der Waals surface area contributed by atoms with Crippen molar-refractivity contribution in [3.63, 3.8) is 0 Å². The zero-order valence-electron chi connectivity index (χ0n) is 13.6. The van der Waals surface area contributed by atoms with E-state index in [9.17, 15) is 0 Å². The summed E-state index contributed by atoms with van der Waals surface area (Å²) in [7, 11) is 0. The van der Waals surface area contributed by atoms with E-state index in [1.807, 2.05) is 0 Å². The van der Waals surface area contributed by atoms with Crippen molar-refractivity contribution in [3.05, 3.63) is 29.8 Å². The Kier molecular flexibility index (Phi) is 4.84. The summed E-state index contributed by atoms with van der Waals surface area (Å²) in [4.78, 5) is 2.56. The fourth-order valence-corrected chi connectivity index (χ4v) is 4.00. The highest BCUT2D eigenvalue weighted by atomic mass is 15.1. The normalized spacial score (nSPS) is 30.5. The third-order valence-corrected chi connectivity index (χ3v) is 5.34. The molecule has 21 heavy (non-hydrogen) atoms. The molecular formula is C19H30N2. The van der Waals surface area contributed by atoms with Gasteiger partial charge in [0.2, 0.25) is 0 Å². The average molecular weight is 286 g/mol. The van der Waals surface area contributed by atoms with Crippen LogP contribution in [0.4, 0.5) is 5.69 Å². The van der Waals surface area contributed by atoms with Gasteiger partial charge in [-0.15, -0.1) is 0 Å². The second kappa shape index (κ2) is 6.83. The number of benzene rings is 1. The molecule has 1 N–H and O–H groups in total. The summed E-state index contributed by atoms with van der Waals surface area (Å²) in [6.07, 6.45) is 6.80. The fourth-order valence-electron chi connectivity index (χ4n) is 4.00. The Morgan fingerprint density at radius 2 is 1.76 bits per heavy atom. The minimum atomic E-state index is 0.658. The molecule has 0 amide bonds. The van der Waals surface area contributed by atoms with Crippen LogP contribution in [0.15, 0.2) is 24.3 Å². The van der Waals surface area contributed by atoms with Crippen LogP contribution in [0.3, 0.4) is 0 Å². The van der Waals surface area contributed by atoms with E-state index in [4.69, 9.17) is 0 Å². The van der Waals surface area contributed by atoms with Gasteiger partial charge in [-0.2, -0.15) is 0 Å². The summed E-state index contributed by atoms with van der Waals surface area (Å²) in [6.45, 7) is 8.46. The topological polar surface area (TPSA) is 15.3 Å². The molecule has 2 aliphatic rings. The highest BCUT2D eigenvalue weighted by molar-refractivity contribution is 5.45. The minimum Gasteiger partial charge on any atom is -0.382 e. The first kappa shape index (κ1) is 14.9. The molecule has 2 heteroatoms. The lowest BCUT2D eigenvalue weighted by Crippen LogP contribution is -2.32. The predicted molar refractivity (Wildman–Crippen MR) is 90.5 cm³/mol. The summed E-state index contributed by atoms with van der Waals surface area (Å²) in [5.41, 5.74) is 2.75. The van der Waals surface area contributed by atoms with Gasteiger partial charge < -0.3 is 5.32 Å². The van der Waals surface area contributed by atoms with Crippen LogP contribution in [0, 0.1) is 11.8 Å². The van der Waals surface area contributed by atoms with Crippen molar-refractivity contribution in [2.45, 2.75) is 58.5 Å². The van der Waals surface area contributed by atoms with Crippen molar-refractivity contribution >= 4 is 5.69 Å². The molecule has 1 aliphatic carbocycles.